The maximum absolute atomic E-state index is 13.7. The molecule has 1 N–H and O–H groups in total. The van der Waals surface area contributed by atoms with Crippen LogP contribution in [0.15, 0.2) is 24.3 Å². The maximum Gasteiger partial charge on any atom is 0.337 e. The van der Waals surface area contributed by atoms with Gasteiger partial charge in [0, 0.05) is 17.5 Å². The molecule has 3 nitrogen and oxygen atoms in total. The van der Waals surface area contributed by atoms with E-state index in [2.05, 4.69) is 0 Å². The molecule has 0 atom stereocenters. The molecule has 0 spiro atoms. The number of halogens is 2. The molecule has 0 amide bonds. The van der Waals surface area contributed by atoms with Gasteiger partial charge < -0.3 is 9.67 Å². The quantitative estimate of drug-likeness (QED) is 0.891. The predicted molar refractivity (Wildman–Crippen MR) is 62.1 cm³/mol. The summed E-state index contributed by atoms with van der Waals surface area (Å²) in [5.74, 6) is -2.27. The minimum Gasteiger partial charge on any atom is -0.478 e. The number of hydrogen-bond acceptors (Lipinski definition) is 1. The molecule has 1 heterocycles. The lowest BCUT2D eigenvalue weighted by molar-refractivity contribution is 0.0696. The summed E-state index contributed by atoms with van der Waals surface area (Å²) < 4.78 is 28.2. The molecular formula is C13H11F2NO2. The molecule has 0 radical (unpaired) electrons. The van der Waals surface area contributed by atoms with Crippen molar-refractivity contribution in [3.8, 4) is 5.69 Å². The molecule has 0 aliphatic heterocycles. The third kappa shape index (κ3) is 1.88. The maximum atomic E-state index is 13.7. The molecule has 1 aromatic carbocycles. The van der Waals surface area contributed by atoms with E-state index in [-0.39, 0.29) is 11.3 Å². The number of carboxylic acids is 1. The summed E-state index contributed by atoms with van der Waals surface area (Å²) in [5, 5.41) is 8.99. The van der Waals surface area contributed by atoms with Gasteiger partial charge in [-0.3, -0.25) is 0 Å². The minimum absolute atomic E-state index is 0.0116. The number of carboxylic acid groups (broad SMARTS) is 1. The topological polar surface area (TPSA) is 42.2 Å². The van der Waals surface area contributed by atoms with Gasteiger partial charge in [-0.2, -0.15) is 0 Å². The van der Waals surface area contributed by atoms with E-state index in [4.69, 9.17) is 5.11 Å². The summed E-state index contributed by atoms with van der Waals surface area (Å²) in [7, 11) is 0. The Hall–Kier alpha value is -2.17. The zero-order valence-electron chi connectivity index (χ0n) is 9.87. The van der Waals surface area contributed by atoms with Gasteiger partial charge in [0.1, 0.15) is 11.6 Å². The van der Waals surface area contributed by atoms with Crippen LogP contribution in [0.3, 0.4) is 0 Å². The first-order chi connectivity index (χ1) is 8.41. The highest BCUT2D eigenvalue weighted by Gasteiger charge is 2.17. The van der Waals surface area contributed by atoms with Crippen LogP contribution < -0.4 is 0 Å². The molecule has 18 heavy (non-hydrogen) atoms. The number of carbonyl (C=O) groups is 1. The number of rotatable bonds is 2. The second kappa shape index (κ2) is 4.25. The predicted octanol–water partition coefficient (Wildman–Crippen LogP) is 3.07. The van der Waals surface area contributed by atoms with Crippen LogP contribution in [0.2, 0.25) is 0 Å². The minimum atomic E-state index is -1.09. The zero-order chi connectivity index (χ0) is 13.4. The zero-order valence-corrected chi connectivity index (χ0v) is 9.87. The largest absolute Gasteiger partial charge is 0.478 e. The highest BCUT2D eigenvalue weighted by molar-refractivity contribution is 5.89. The first-order valence-corrected chi connectivity index (χ1v) is 5.29. The van der Waals surface area contributed by atoms with Crippen LogP contribution in [0.1, 0.15) is 21.7 Å². The van der Waals surface area contributed by atoms with Crippen LogP contribution in [-0.2, 0) is 0 Å². The molecule has 0 unspecified atom stereocenters. The number of hydrogen-bond donors (Lipinski definition) is 1. The smallest absolute Gasteiger partial charge is 0.337 e. The third-order valence-electron chi connectivity index (χ3n) is 2.81. The van der Waals surface area contributed by atoms with Gasteiger partial charge in [0.2, 0.25) is 0 Å². The lowest BCUT2D eigenvalue weighted by atomic mass is 10.2. The van der Waals surface area contributed by atoms with E-state index in [9.17, 15) is 13.6 Å². The number of aryl methyl sites for hydroxylation is 1. The molecule has 0 saturated carbocycles. The number of aromatic nitrogens is 1. The lowest BCUT2D eigenvalue weighted by Crippen LogP contribution is -2.04. The van der Waals surface area contributed by atoms with E-state index in [1.54, 1.807) is 13.8 Å². The Kier molecular flexibility index (Phi) is 2.90. The van der Waals surface area contributed by atoms with Crippen molar-refractivity contribution < 1.29 is 18.7 Å². The van der Waals surface area contributed by atoms with E-state index >= 15 is 0 Å². The highest BCUT2D eigenvalue weighted by Crippen LogP contribution is 2.23. The molecule has 1 aromatic heterocycles. The Bertz CT molecular complexity index is 632. The van der Waals surface area contributed by atoms with Crippen LogP contribution in [-0.4, -0.2) is 15.6 Å². The molecule has 0 aliphatic rings. The van der Waals surface area contributed by atoms with E-state index in [0.29, 0.717) is 11.4 Å². The van der Waals surface area contributed by atoms with Gasteiger partial charge in [0.25, 0.3) is 0 Å². The number of aromatic carboxylic acids is 1. The molecule has 5 heteroatoms. The second-order valence-electron chi connectivity index (χ2n) is 4.02. The summed E-state index contributed by atoms with van der Waals surface area (Å²) in [4.78, 5) is 11.0. The fourth-order valence-corrected chi connectivity index (χ4v) is 2.01. The van der Waals surface area contributed by atoms with Crippen LogP contribution in [0.4, 0.5) is 8.78 Å². The van der Waals surface area contributed by atoms with Crippen molar-refractivity contribution in [2.45, 2.75) is 13.8 Å². The molecule has 2 rings (SSSR count). The van der Waals surface area contributed by atoms with E-state index < -0.39 is 17.6 Å². The van der Waals surface area contributed by atoms with Crippen LogP contribution in [0.25, 0.3) is 5.69 Å². The van der Waals surface area contributed by atoms with Crippen molar-refractivity contribution >= 4 is 5.97 Å². The summed E-state index contributed by atoms with van der Waals surface area (Å²) >= 11 is 0. The van der Waals surface area contributed by atoms with Gasteiger partial charge in [-0.25, -0.2) is 13.6 Å². The number of benzene rings is 1. The monoisotopic (exact) mass is 251 g/mol. The molecule has 0 saturated heterocycles. The Morgan fingerprint density at radius 3 is 2.44 bits per heavy atom. The van der Waals surface area contributed by atoms with Crippen LogP contribution in [0.5, 0.6) is 0 Å². The number of nitrogens with zero attached hydrogens (tertiary/aromatic N) is 1. The molecular weight excluding hydrogens is 240 g/mol. The summed E-state index contributed by atoms with van der Waals surface area (Å²) in [6, 6.07) is 4.51. The van der Waals surface area contributed by atoms with Crippen LogP contribution >= 0.6 is 0 Å². The van der Waals surface area contributed by atoms with Crippen molar-refractivity contribution in [1.29, 1.82) is 0 Å². The van der Waals surface area contributed by atoms with Crippen molar-refractivity contribution in [3.63, 3.8) is 0 Å². The summed E-state index contributed by atoms with van der Waals surface area (Å²) in [6.45, 7) is 3.20. The van der Waals surface area contributed by atoms with Gasteiger partial charge >= 0.3 is 5.97 Å². The fourth-order valence-electron chi connectivity index (χ4n) is 2.01. The Balaban J connectivity index is 2.71. The van der Waals surface area contributed by atoms with E-state index in [0.717, 1.165) is 18.2 Å². The molecule has 0 fully saturated rings. The third-order valence-corrected chi connectivity index (χ3v) is 2.81. The summed E-state index contributed by atoms with van der Waals surface area (Å²) in [6.07, 6.45) is 0. The van der Waals surface area contributed by atoms with Crippen LogP contribution in [0, 0.1) is 25.5 Å². The molecule has 0 aliphatic carbocycles. The standard InChI is InChI=1S/C13H11F2NO2/c1-7-5-10(13(17)18)8(2)16(7)12-6-9(14)3-4-11(12)15/h3-6H,1-2H3,(H,17,18). The first kappa shape index (κ1) is 12.3. The van der Waals surface area contributed by atoms with Crippen molar-refractivity contribution in [2.75, 3.05) is 0 Å². The van der Waals surface area contributed by atoms with Crippen molar-refractivity contribution in [1.82, 2.24) is 4.57 Å². The average molecular weight is 251 g/mol. The van der Waals surface area contributed by atoms with E-state index in [1.807, 2.05) is 0 Å². The van der Waals surface area contributed by atoms with Gasteiger partial charge in [0.05, 0.1) is 11.3 Å². The molecule has 94 valence electrons. The normalized spacial score (nSPS) is 10.7. The summed E-state index contributed by atoms with van der Waals surface area (Å²) in [5.41, 5.74) is 0.993. The molecule has 0 bridgehead atoms. The highest BCUT2D eigenvalue weighted by atomic mass is 19.1. The SMILES string of the molecule is Cc1cc(C(=O)O)c(C)n1-c1cc(F)ccc1F. The second-order valence-corrected chi connectivity index (χ2v) is 4.02. The lowest BCUT2D eigenvalue weighted by Gasteiger charge is -2.10. The first-order valence-electron chi connectivity index (χ1n) is 5.29. The Morgan fingerprint density at radius 2 is 1.89 bits per heavy atom. The molecule has 2 aromatic rings. The Morgan fingerprint density at radius 1 is 1.22 bits per heavy atom. The van der Waals surface area contributed by atoms with Crippen molar-refractivity contribution in [3.05, 3.63) is 52.9 Å². The van der Waals surface area contributed by atoms with Gasteiger partial charge in [-0.05, 0) is 32.0 Å². The average Bonchev–Trinajstić information content (AvgIpc) is 2.58. The van der Waals surface area contributed by atoms with Gasteiger partial charge in [-0.1, -0.05) is 0 Å². The van der Waals surface area contributed by atoms with Gasteiger partial charge in [-0.15, -0.1) is 0 Å². The fraction of sp³-hybridized carbons (Fsp3) is 0.154. The van der Waals surface area contributed by atoms with E-state index in [1.165, 1.54) is 10.6 Å². The Labute approximate surface area is 102 Å². The van der Waals surface area contributed by atoms with Crippen molar-refractivity contribution in [2.24, 2.45) is 0 Å². The van der Waals surface area contributed by atoms with Gasteiger partial charge in [0.15, 0.2) is 0 Å².